The van der Waals surface area contributed by atoms with Gasteiger partial charge in [0.25, 0.3) is 0 Å². The molecule has 0 aliphatic carbocycles. The zero-order chi connectivity index (χ0) is 26.9. The first-order valence-corrected chi connectivity index (χ1v) is 17.2. The first kappa shape index (κ1) is 28.3. The molecule has 0 spiro atoms. The van der Waals surface area contributed by atoms with Gasteiger partial charge in [-0.25, -0.2) is 19.5 Å². The van der Waals surface area contributed by atoms with Gasteiger partial charge in [-0.2, -0.15) is 0 Å². The highest BCUT2D eigenvalue weighted by atomic mass is 32.7. The van der Waals surface area contributed by atoms with Crippen LogP contribution >= 0.6 is 38.5 Å². The smallest absolute Gasteiger partial charge is 0.382 e. The Bertz CT molecular complexity index is 1250. The maximum absolute atomic E-state index is 13.2. The van der Waals surface area contributed by atoms with Crippen LogP contribution in [0.25, 0.3) is 11.2 Å². The zero-order valence-electron chi connectivity index (χ0n) is 20.5. The van der Waals surface area contributed by atoms with E-state index < -0.39 is 32.5 Å². The summed E-state index contributed by atoms with van der Waals surface area (Å²) >= 11 is 8.01. The van der Waals surface area contributed by atoms with Crippen LogP contribution in [0.15, 0.2) is 24.4 Å². The Balaban J connectivity index is 1.17. The molecule has 2 fully saturated rings. The lowest BCUT2D eigenvalue weighted by molar-refractivity contribution is -0.0938. The van der Waals surface area contributed by atoms with Crippen LogP contribution < -0.4 is 5.73 Å². The summed E-state index contributed by atoms with van der Waals surface area (Å²) in [7, 11) is -2.50. The molecule has 18 heteroatoms. The van der Waals surface area contributed by atoms with Crippen molar-refractivity contribution in [1.29, 1.82) is 0 Å². The van der Waals surface area contributed by atoms with Gasteiger partial charge in [-0.15, -0.1) is 0 Å². The lowest BCUT2D eigenvalue weighted by Gasteiger charge is -2.30. The Kier molecular flexibility index (Phi) is 9.05. The van der Waals surface area contributed by atoms with Crippen molar-refractivity contribution in [2.45, 2.75) is 57.0 Å². The average molecular weight is 609 g/mol. The fraction of sp³-hybridized carbons (Fsp3) is 0.650. The minimum atomic E-state index is -3.81. The van der Waals surface area contributed by atoms with Crippen LogP contribution in [0.3, 0.4) is 0 Å². The molecule has 4 unspecified atom stereocenters. The molecule has 5 rings (SSSR count). The Morgan fingerprint density at radius 3 is 2.87 bits per heavy atom. The van der Waals surface area contributed by atoms with Gasteiger partial charge in [-0.3, -0.25) is 18.2 Å². The SMILES string of the molecule is CC1=CN(C2C[C@@H](OP(=O)(S)OC[C@@H]3CCC(n4cnc5c(N)ncnc54)O3)[C@@H](CO[PH](=O)S)O2)COC1. The van der Waals surface area contributed by atoms with Crippen LogP contribution in [0.4, 0.5) is 5.82 Å². The van der Waals surface area contributed by atoms with Crippen LogP contribution in [0.5, 0.6) is 0 Å². The first-order valence-electron chi connectivity index (χ1n) is 11.9. The van der Waals surface area contributed by atoms with E-state index >= 15 is 0 Å². The molecule has 0 saturated carbocycles. The monoisotopic (exact) mass is 608 g/mol. The fourth-order valence-corrected chi connectivity index (χ4v) is 6.70. The maximum Gasteiger partial charge on any atom is 0.386 e. The van der Waals surface area contributed by atoms with Crippen molar-refractivity contribution in [3.63, 3.8) is 0 Å². The van der Waals surface area contributed by atoms with Crippen LogP contribution in [-0.2, 0) is 36.9 Å². The maximum atomic E-state index is 13.2. The number of imidazole rings is 1. The van der Waals surface area contributed by atoms with E-state index in [2.05, 4.69) is 39.4 Å². The van der Waals surface area contributed by atoms with Crippen molar-refractivity contribution < 1.29 is 36.9 Å². The number of aromatic nitrogens is 4. The predicted octanol–water partition coefficient (Wildman–Crippen LogP) is 3.17. The zero-order valence-corrected chi connectivity index (χ0v) is 24.2. The van der Waals surface area contributed by atoms with Crippen molar-refractivity contribution in [3.8, 4) is 0 Å². The third-order valence-electron chi connectivity index (χ3n) is 6.35. The summed E-state index contributed by atoms with van der Waals surface area (Å²) in [5, 5.41) is 0. The Morgan fingerprint density at radius 1 is 1.24 bits per heavy atom. The molecule has 0 aromatic carbocycles. The molecule has 2 saturated heterocycles. The molecule has 7 atom stereocenters. The molecule has 38 heavy (non-hydrogen) atoms. The molecular formula is C20H30N6O8P2S2. The Hall–Kier alpha value is -1.19. The van der Waals surface area contributed by atoms with E-state index in [0.717, 1.165) is 5.57 Å². The molecule has 2 aromatic heterocycles. The number of ether oxygens (including phenoxy) is 3. The molecule has 2 N–H and O–H groups in total. The van der Waals surface area contributed by atoms with Crippen LogP contribution in [-0.4, -0.2) is 75.5 Å². The third kappa shape index (κ3) is 6.74. The number of thiol groups is 2. The molecule has 0 radical (unpaired) electrons. The van der Waals surface area contributed by atoms with Crippen molar-refractivity contribution in [2.75, 3.05) is 32.3 Å². The summed E-state index contributed by atoms with van der Waals surface area (Å²) in [5.74, 6) is 0.294. The lowest BCUT2D eigenvalue weighted by atomic mass is 10.2. The summed E-state index contributed by atoms with van der Waals surface area (Å²) in [6.07, 6.45) is 4.17. The topological polar surface area (TPSA) is 162 Å². The van der Waals surface area contributed by atoms with E-state index in [4.69, 9.17) is 33.5 Å². The molecule has 5 heterocycles. The standard InChI is InChI=1S/C20H30N6O8P2S2/c1-12-5-25(11-29-6-12)17-4-14(15(33-17)8-30-35(27)37)34-36(28,38)31-7-13-2-3-16(32-13)26-10-24-18-19(21)22-9-23-20(18)26/h5,9-10,13-17,35H,2-4,6-8,11H2,1H3,(H,27,37)(H,28,38)(H2,21,22,23)/t13-,14+,15+,16?,17?,36?/m0/s1. The summed E-state index contributed by atoms with van der Waals surface area (Å²) in [4.78, 5) is 14.4. The number of rotatable bonds is 10. The van der Waals surface area contributed by atoms with E-state index in [9.17, 15) is 9.13 Å². The number of nitrogens with two attached hydrogens (primary N) is 1. The minimum absolute atomic E-state index is 0.00540. The highest BCUT2D eigenvalue weighted by Crippen LogP contribution is 2.56. The summed E-state index contributed by atoms with van der Waals surface area (Å²) in [5.41, 5.74) is 7.99. The van der Waals surface area contributed by atoms with Gasteiger partial charge in [0.2, 0.25) is 7.23 Å². The highest BCUT2D eigenvalue weighted by Gasteiger charge is 2.43. The second kappa shape index (κ2) is 12.1. The van der Waals surface area contributed by atoms with Gasteiger partial charge in [0.1, 0.15) is 43.2 Å². The van der Waals surface area contributed by atoms with Gasteiger partial charge < -0.3 is 29.4 Å². The van der Waals surface area contributed by atoms with Gasteiger partial charge in [0, 0.05) is 12.6 Å². The molecule has 2 aromatic rings. The van der Waals surface area contributed by atoms with Gasteiger partial charge in [0.05, 0.1) is 32.3 Å². The second-order valence-electron chi connectivity index (χ2n) is 9.19. The highest BCUT2D eigenvalue weighted by molar-refractivity contribution is 8.44. The number of nitrogens with zero attached hydrogens (tertiary/aromatic N) is 5. The largest absolute Gasteiger partial charge is 0.386 e. The quantitative estimate of drug-likeness (QED) is 0.267. The second-order valence-corrected chi connectivity index (χ2v) is 14.0. The summed E-state index contributed by atoms with van der Waals surface area (Å²) < 4.78 is 60.7. The van der Waals surface area contributed by atoms with E-state index in [1.807, 2.05) is 18.0 Å². The van der Waals surface area contributed by atoms with E-state index in [1.54, 1.807) is 10.9 Å². The molecular weight excluding hydrogens is 578 g/mol. The molecule has 210 valence electrons. The molecule has 0 amide bonds. The summed E-state index contributed by atoms with van der Waals surface area (Å²) in [6, 6.07) is 0. The Morgan fingerprint density at radius 2 is 2.08 bits per heavy atom. The number of anilines is 1. The van der Waals surface area contributed by atoms with E-state index in [-0.39, 0.29) is 25.5 Å². The van der Waals surface area contributed by atoms with Crippen molar-refractivity contribution in [1.82, 2.24) is 24.4 Å². The number of fused-ring (bicyclic) bond motifs is 1. The van der Waals surface area contributed by atoms with Crippen LogP contribution in [0.1, 0.15) is 32.4 Å². The molecule has 14 nitrogen and oxygen atoms in total. The molecule has 0 bridgehead atoms. The normalized spacial score (nSPS) is 30.4. The first-order chi connectivity index (χ1) is 18.2. The van der Waals surface area contributed by atoms with Gasteiger partial charge >= 0.3 is 6.80 Å². The average Bonchev–Trinajstić information content (AvgIpc) is 3.60. The minimum Gasteiger partial charge on any atom is -0.382 e. The van der Waals surface area contributed by atoms with Crippen molar-refractivity contribution in [2.24, 2.45) is 0 Å². The van der Waals surface area contributed by atoms with Gasteiger partial charge in [-0.1, -0.05) is 24.5 Å². The lowest BCUT2D eigenvalue weighted by Crippen LogP contribution is -2.36. The van der Waals surface area contributed by atoms with E-state index in [0.29, 0.717) is 49.6 Å². The van der Waals surface area contributed by atoms with Crippen LogP contribution in [0.2, 0.25) is 0 Å². The van der Waals surface area contributed by atoms with E-state index in [1.165, 1.54) is 6.33 Å². The van der Waals surface area contributed by atoms with Crippen molar-refractivity contribution >= 4 is 55.5 Å². The number of hydrogen-bond acceptors (Lipinski definition) is 13. The molecule has 3 aliphatic rings. The number of nitrogen functional groups attached to an aromatic ring is 1. The summed E-state index contributed by atoms with van der Waals surface area (Å²) in [6.45, 7) is -1.03. The van der Waals surface area contributed by atoms with Crippen LogP contribution in [0, 0.1) is 0 Å². The van der Waals surface area contributed by atoms with Gasteiger partial charge in [-0.05, 0) is 25.3 Å². The predicted molar refractivity (Wildman–Crippen MR) is 144 cm³/mol. The van der Waals surface area contributed by atoms with Gasteiger partial charge in [0.15, 0.2) is 11.5 Å². The molecule has 3 aliphatic heterocycles. The Labute approximate surface area is 230 Å². The van der Waals surface area contributed by atoms with Crippen molar-refractivity contribution in [3.05, 3.63) is 24.4 Å². The number of hydrogen-bond donors (Lipinski definition) is 3. The fourth-order valence-electron chi connectivity index (χ4n) is 4.63. The third-order valence-corrected chi connectivity index (χ3v) is 8.80.